The van der Waals surface area contributed by atoms with Gasteiger partial charge in [-0.1, -0.05) is 6.42 Å². The lowest BCUT2D eigenvalue weighted by atomic mass is 9.99. The number of piperidine rings is 1. The van der Waals surface area contributed by atoms with E-state index in [2.05, 4.69) is 4.90 Å². The maximum absolute atomic E-state index is 13.9. The van der Waals surface area contributed by atoms with Gasteiger partial charge in [-0.2, -0.15) is 4.31 Å². The predicted molar refractivity (Wildman–Crippen MR) is 78.9 cm³/mol. The fourth-order valence-electron chi connectivity index (χ4n) is 3.49. The van der Waals surface area contributed by atoms with Crippen molar-refractivity contribution in [2.24, 2.45) is 0 Å². The summed E-state index contributed by atoms with van der Waals surface area (Å²) in [5.41, 5.74) is 0. The van der Waals surface area contributed by atoms with Gasteiger partial charge in [0.1, 0.15) is 10.7 Å². The van der Waals surface area contributed by atoms with Gasteiger partial charge in [0.25, 0.3) is 0 Å². The predicted octanol–water partition coefficient (Wildman–Crippen LogP) is 2.35. The standard InChI is InChI=1S/C15H19F3N2O2S/c1-10-8-19-5-3-2-4-11(19)9-20(10)23(21,22)15-7-13(17)12(16)6-14(15)18/h6-7,10-11H,2-5,8-9H2,1H3/t10-,11-/m1/s1. The Hall–Kier alpha value is -1.12. The molecule has 0 aliphatic carbocycles. The Morgan fingerprint density at radius 3 is 2.48 bits per heavy atom. The first-order chi connectivity index (χ1) is 10.8. The molecule has 0 amide bonds. The summed E-state index contributed by atoms with van der Waals surface area (Å²) in [6, 6.07) is 0.467. The summed E-state index contributed by atoms with van der Waals surface area (Å²) in [6.07, 6.45) is 3.01. The van der Waals surface area contributed by atoms with E-state index in [4.69, 9.17) is 0 Å². The van der Waals surface area contributed by atoms with E-state index in [9.17, 15) is 21.6 Å². The monoisotopic (exact) mass is 348 g/mol. The van der Waals surface area contributed by atoms with E-state index in [0.29, 0.717) is 12.6 Å². The van der Waals surface area contributed by atoms with Gasteiger partial charge in [-0.25, -0.2) is 21.6 Å². The lowest BCUT2D eigenvalue weighted by Crippen LogP contribution is -2.60. The number of piperazine rings is 1. The molecule has 1 aromatic rings. The van der Waals surface area contributed by atoms with Gasteiger partial charge in [-0.3, -0.25) is 4.90 Å². The molecule has 0 N–H and O–H groups in total. The highest BCUT2D eigenvalue weighted by Gasteiger charge is 2.40. The van der Waals surface area contributed by atoms with Crippen LogP contribution in [0, 0.1) is 17.5 Å². The molecule has 0 radical (unpaired) electrons. The third-order valence-electron chi connectivity index (χ3n) is 4.69. The third kappa shape index (κ3) is 2.99. The van der Waals surface area contributed by atoms with Crippen LogP contribution in [-0.4, -0.2) is 49.3 Å². The van der Waals surface area contributed by atoms with Crippen molar-refractivity contribution in [2.45, 2.75) is 43.2 Å². The quantitative estimate of drug-likeness (QED) is 0.771. The zero-order valence-electron chi connectivity index (χ0n) is 12.8. The molecule has 23 heavy (non-hydrogen) atoms. The summed E-state index contributed by atoms with van der Waals surface area (Å²) in [5, 5.41) is 0. The molecule has 0 unspecified atom stereocenters. The fourth-order valence-corrected chi connectivity index (χ4v) is 5.21. The smallest absolute Gasteiger partial charge is 0.246 e. The van der Waals surface area contributed by atoms with Gasteiger partial charge in [-0.15, -0.1) is 0 Å². The second kappa shape index (κ2) is 6.07. The fraction of sp³-hybridized carbons (Fsp3) is 0.600. The van der Waals surface area contributed by atoms with Crippen molar-refractivity contribution in [3.63, 3.8) is 0 Å². The van der Waals surface area contributed by atoms with Crippen LogP contribution >= 0.6 is 0 Å². The number of hydrogen-bond donors (Lipinski definition) is 0. The summed E-state index contributed by atoms with van der Waals surface area (Å²) in [4.78, 5) is 1.45. The molecule has 8 heteroatoms. The van der Waals surface area contributed by atoms with E-state index in [1.807, 2.05) is 0 Å². The Morgan fingerprint density at radius 2 is 1.74 bits per heavy atom. The average Bonchev–Trinajstić information content (AvgIpc) is 2.50. The molecule has 1 aromatic carbocycles. The van der Waals surface area contributed by atoms with Crippen LogP contribution in [0.2, 0.25) is 0 Å². The molecule has 128 valence electrons. The summed E-state index contributed by atoms with van der Waals surface area (Å²) < 4.78 is 67.1. The topological polar surface area (TPSA) is 40.6 Å². The molecule has 0 aromatic heterocycles. The van der Waals surface area contributed by atoms with Crippen molar-refractivity contribution in [1.29, 1.82) is 0 Å². The van der Waals surface area contributed by atoms with Crippen molar-refractivity contribution in [3.8, 4) is 0 Å². The van der Waals surface area contributed by atoms with Gasteiger partial charge in [0, 0.05) is 31.2 Å². The highest BCUT2D eigenvalue weighted by atomic mass is 32.2. The maximum atomic E-state index is 13.9. The minimum Gasteiger partial charge on any atom is -0.297 e. The van der Waals surface area contributed by atoms with Crippen LogP contribution in [0.15, 0.2) is 17.0 Å². The van der Waals surface area contributed by atoms with Crippen molar-refractivity contribution in [3.05, 3.63) is 29.6 Å². The van der Waals surface area contributed by atoms with Gasteiger partial charge in [-0.05, 0) is 32.4 Å². The molecule has 2 heterocycles. The molecule has 0 saturated carbocycles. The molecular weight excluding hydrogens is 329 g/mol. The zero-order valence-corrected chi connectivity index (χ0v) is 13.6. The Bertz CT molecular complexity index is 711. The van der Waals surface area contributed by atoms with E-state index >= 15 is 0 Å². The van der Waals surface area contributed by atoms with Crippen molar-refractivity contribution in [1.82, 2.24) is 9.21 Å². The Kier molecular flexibility index (Phi) is 4.41. The van der Waals surface area contributed by atoms with Gasteiger partial charge >= 0.3 is 0 Å². The third-order valence-corrected chi connectivity index (χ3v) is 6.69. The molecule has 2 saturated heterocycles. The van der Waals surface area contributed by atoms with Crippen molar-refractivity contribution < 1.29 is 21.6 Å². The minimum atomic E-state index is -4.21. The molecular formula is C15H19F3N2O2S. The number of hydrogen-bond acceptors (Lipinski definition) is 3. The van der Waals surface area contributed by atoms with Crippen LogP contribution in [0.4, 0.5) is 13.2 Å². The number of rotatable bonds is 2. The summed E-state index contributed by atoms with van der Waals surface area (Å²) in [6.45, 7) is 3.50. The molecule has 2 aliphatic rings. The highest BCUT2D eigenvalue weighted by molar-refractivity contribution is 7.89. The number of sulfonamides is 1. The normalized spacial score (nSPS) is 27.0. The maximum Gasteiger partial charge on any atom is 0.246 e. The first-order valence-corrected chi connectivity index (χ1v) is 9.15. The van der Waals surface area contributed by atoms with Gasteiger partial charge in [0.2, 0.25) is 10.0 Å². The van der Waals surface area contributed by atoms with Crippen molar-refractivity contribution >= 4 is 10.0 Å². The summed E-state index contributed by atoms with van der Waals surface area (Å²) >= 11 is 0. The van der Waals surface area contributed by atoms with Crippen LogP contribution in [0.5, 0.6) is 0 Å². The lowest BCUT2D eigenvalue weighted by molar-refractivity contribution is 0.0563. The highest BCUT2D eigenvalue weighted by Crippen LogP contribution is 2.30. The second-order valence-electron chi connectivity index (χ2n) is 6.27. The number of halogens is 3. The largest absolute Gasteiger partial charge is 0.297 e. The van der Waals surface area contributed by atoms with E-state index in [-0.39, 0.29) is 24.7 Å². The van der Waals surface area contributed by atoms with Gasteiger partial charge < -0.3 is 0 Å². The molecule has 2 atom stereocenters. The second-order valence-corrected chi connectivity index (χ2v) is 8.12. The molecule has 0 bridgehead atoms. The molecule has 4 nitrogen and oxygen atoms in total. The average molecular weight is 348 g/mol. The van der Waals surface area contributed by atoms with Crippen LogP contribution in [0.25, 0.3) is 0 Å². The SMILES string of the molecule is C[C@@H]1CN2CCCC[C@@H]2CN1S(=O)(=O)c1cc(F)c(F)cc1F. The minimum absolute atomic E-state index is 0.100. The Balaban J connectivity index is 1.94. The summed E-state index contributed by atoms with van der Waals surface area (Å²) in [7, 11) is -4.21. The lowest BCUT2D eigenvalue weighted by Gasteiger charge is -2.46. The number of benzene rings is 1. The summed E-state index contributed by atoms with van der Waals surface area (Å²) in [5.74, 6) is -4.03. The molecule has 0 spiro atoms. The molecule has 2 fully saturated rings. The van der Waals surface area contributed by atoms with Crippen molar-refractivity contribution in [2.75, 3.05) is 19.6 Å². The number of nitrogens with zero attached hydrogens (tertiary/aromatic N) is 2. The van der Waals surface area contributed by atoms with E-state index in [1.165, 1.54) is 4.31 Å². The first-order valence-electron chi connectivity index (χ1n) is 7.71. The van der Waals surface area contributed by atoms with Crippen LogP contribution in [-0.2, 0) is 10.0 Å². The Morgan fingerprint density at radius 1 is 1.04 bits per heavy atom. The van der Waals surface area contributed by atoms with Gasteiger partial charge in [0.05, 0.1) is 0 Å². The van der Waals surface area contributed by atoms with E-state index in [1.54, 1.807) is 6.92 Å². The number of fused-ring (bicyclic) bond motifs is 1. The molecule has 2 aliphatic heterocycles. The van der Waals surface area contributed by atoms with Crippen LogP contribution in [0.1, 0.15) is 26.2 Å². The first kappa shape index (κ1) is 16.7. The van der Waals surface area contributed by atoms with Crippen LogP contribution in [0.3, 0.4) is 0 Å². The zero-order chi connectivity index (χ0) is 16.8. The van der Waals surface area contributed by atoms with E-state index in [0.717, 1.165) is 25.8 Å². The van der Waals surface area contributed by atoms with E-state index < -0.39 is 32.4 Å². The van der Waals surface area contributed by atoms with Gasteiger partial charge in [0.15, 0.2) is 11.6 Å². The molecule has 3 rings (SSSR count). The Labute approximate surface area is 133 Å². The van der Waals surface area contributed by atoms with Crippen LogP contribution < -0.4 is 0 Å².